The largest absolute Gasteiger partial charge is 0.464 e. The number of anilines is 1. The molecule has 8 rings (SSSR count). The topological polar surface area (TPSA) is 118 Å². The molecule has 13 heteroatoms. The number of fused-ring (bicyclic) bond motifs is 2. The van der Waals surface area contributed by atoms with Crippen molar-refractivity contribution in [2.24, 2.45) is 0 Å². The Labute approximate surface area is 322 Å². The Morgan fingerprint density at radius 1 is 0.818 bits per heavy atom. The van der Waals surface area contributed by atoms with Crippen LogP contribution in [0.4, 0.5) is 5.82 Å². The quantitative estimate of drug-likeness (QED) is 0.127. The number of piperazine rings is 1. The molecule has 2 fully saturated rings. The van der Waals surface area contributed by atoms with Crippen LogP contribution in [0, 0.1) is 6.92 Å². The zero-order valence-corrected chi connectivity index (χ0v) is 32.4. The summed E-state index contributed by atoms with van der Waals surface area (Å²) in [7, 11) is -3.54. The monoisotopic (exact) mass is 760 g/mol. The number of carbonyl (C=O) groups is 1. The SMILES string of the molecule is CCCn1c(CCC(=O)OCCN2CCN(c3cc(-c4ccccc4)nc4c(-c5ccccc5)c(C)nn34)CC2)nc2cc(S(=O)(=O)N3CCCC3)ccc21. The molecule has 0 aliphatic carbocycles. The number of hydrogen-bond acceptors (Lipinski definition) is 9. The molecule has 5 heterocycles. The van der Waals surface area contributed by atoms with Crippen molar-refractivity contribution >= 4 is 38.5 Å². The van der Waals surface area contributed by atoms with E-state index in [1.54, 1.807) is 16.4 Å². The summed E-state index contributed by atoms with van der Waals surface area (Å²) < 4.78 is 37.7. The molecule has 0 atom stereocenters. The summed E-state index contributed by atoms with van der Waals surface area (Å²) >= 11 is 0. The van der Waals surface area contributed by atoms with Crippen molar-refractivity contribution in [3.05, 3.63) is 96.4 Å². The van der Waals surface area contributed by atoms with E-state index in [1.165, 1.54) is 0 Å². The summed E-state index contributed by atoms with van der Waals surface area (Å²) in [4.78, 5) is 27.9. The molecule has 12 nitrogen and oxygen atoms in total. The Balaban J connectivity index is 0.892. The summed E-state index contributed by atoms with van der Waals surface area (Å²) in [5.41, 5.74) is 7.41. The van der Waals surface area contributed by atoms with E-state index < -0.39 is 10.0 Å². The standard InChI is InChI=1S/C42H48N8O4S/c1-3-20-49-37-17-16-34(55(52,53)48-21-10-11-22-48)29-36(37)43-38(49)18-19-40(51)54-28-27-46-23-25-47(26-24-46)39-30-35(32-12-6-4-7-13-32)44-42-41(31(2)45-50(39)42)33-14-8-5-9-15-33/h4-9,12-17,29-30H,3,10-11,18-28H2,1-2H3. The average molecular weight is 761 g/mol. The third-order valence-electron chi connectivity index (χ3n) is 10.7. The van der Waals surface area contributed by atoms with Gasteiger partial charge in [-0.25, -0.2) is 18.4 Å². The maximum Gasteiger partial charge on any atom is 0.306 e. The Morgan fingerprint density at radius 3 is 2.24 bits per heavy atom. The summed E-state index contributed by atoms with van der Waals surface area (Å²) in [6.07, 6.45) is 3.29. The van der Waals surface area contributed by atoms with Crippen molar-refractivity contribution in [3.8, 4) is 22.4 Å². The van der Waals surface area contributed by atoms with Gasteiger partial charge in [0, 0.05) is 76.0 Å². The van der Waals surface area contributed by atoms with Gasteiger partial charge in [-0.1, -0.05) is 67.6 Å². The fourth-order valence-electron chi connectivity index (χ4n) is 7.87. The number of benzene rings is 3. The van der Waals surface area contributed by atoms with Gasteiger partial charge in [0.15, 0.2) is 5.65 Å². The molecule has 6 aromatic rings. The molecular weight excluding hydrogens is 713 g/mol. The molecule has 0 N–H and O–H groups in total. The third kappa shape index (κ3) is 7.60. The first kappa shape index (κ1) is 36.8. The van der Waals surface area contributed by atoms with E-state index in [1.807, 2.05) is 53.9 Å². The molecular formula is C42H48N8O4S. The van der Waals surface area contributed by atoms with Crippen LogP contribution < -0.4 is 4.90 Å². The smallest absolute Gasteiger partial charge is 0.306 e. The van der Waals surface area contributed by atoms with E-state index in [4.69, 9.17) is 19.8 Å². The van der Waals surface area contributed by atoms with Gasteiger partial charge >= 0.3 is 5.97 Å². The predicted molar refractivity (Wildman–Crippen MR) is 215 cm³/mol. The minimum Gasteiger partial charge on any atom is -0.464 e. The second-order valence-corrected chi connectivity index (χ2v) is 16.4. The number of aryl methyl sites for hydroxylation is 3. The molecule has 2 saturated heterocycles. The lowest BCUT2D eigenvalue weighted by molar-refractivity contribution is -0.144. The van der Waals surface area contributed by atoms with Gasteiger partial charge in [-0.15, -0.1) is 0 Å². The highest BCUT2D eigenvalue weighted by atomic mass is 32.2. The number of carbonyl (C=O) groups excluding carboxylic acids is 1. The number of ether oxygens (including phenoxy) is 1. The van der Waals surface area contributed by atoms with E-state index in [9.17, 15) is 13.2 Å². The van der Waals surface area contributed by atoms with Crippen LogP contribution in [0.2, 0.25) is 0 Å². The maximum atomic E-state index is 13.2. The zero-order valence-electron chi connectivity index (χ0n) is 31.6. The molecule has 3 aromatic heterocycles. The summed E-state index contributed by atoms with van der Waals surface area (Å²) in [5.74, 6) is 1.52. The molecule has 0 bridgehead atoms. The lowest BCUT2D eigenvalue weighted by atomic mass is 10.1. The first-order valence-electron chi connectivity index (χ1n) is 19.4. The van der Waals surface area contributed by atoms with Crippen molar-refractivity contribution in [1.29, 1.82) is 0 Å². The fourth-order valence-corrected chi connectivity index (χ4v) is 9.41. The lowest BCUT2D eigenvalue weighted by Crippen LogP contribution is -2.48. The molecule has 286 valence electrons. The number of rotatable bonds is 13. The molecule has 0 saturated carbocycles. The van der Waals surface area contributed by atoms with E-state index in [-0.39, 0.29) is 17.3 Å². The summed E-state index contributed by atoms with van der Waals surface area (Å²) in [5, 5.41) is 4.99. The van der Waals surface area contributed by atoms with Crippen molar-refractivity contribution in [1.82, 2.24) is 33.4 Å². The number of hydrogen-bond donors (Lipinski definition) is 0. The second kappa shape index (κ2) is 15.9. The van der Waals surface area contributed by atoms with Gasteiger partial charge in [-0.05, 0) is 49.9 Å². The van der Waals surface area contributed by atoms with E-state index >= 15 is 0 Å². The van der Waals surface area contributed by atoms with Crippen LogP contribution >= 0.6 is 0 Å². The number of nitrogens with zero attached hydrogens (tertiary/aromatic N) is 8. The second-order valence-electron chi connectivity index (χ2n) is 14.4. The van der Waals surface area contributed by atoms with Crippen LogP contribution in [-0.4, -0.2) is 100 Å². The van der Waals surface area contributed by atoms with Gasteiger partial charge in [0.25, 0.3) is 0 Å². The number of sulfonamides is 1. The highest BCUT2D eigenvalue weighted by molar-refractivity contribution is 7.89. The first-order chi connectivity index (χ1) is 26.8. The number of imidazole rings is 1. The van der Waals surface area contributed by atoms with Crippen molar-refractivity contribution in [2.45, 2.75) is 57.4 Å². The first-order valence-corrected chi connectivity index (χ1v) is 20.9. The van der Waals surface area contributed by atoms with E-state index in [0.29, 0.717) is 38.2 Å². The highest BCUT2D eigenvalue weighted by Gasteiger charge is 2.28. The maximum absolute atomic E-state index is 13.2. The summed E-state index contributed by atoms with van der Waals surface area (Å²) in [6.45, 7) is 10.2. The minimum atomic E-state index is -3.54. The van der Waals surface area contributed by atoms with Crippen LogP contribution in [0.1, 0.15) is 44.1 Å². The van der Waals surface area contributed by atoms with Crippen LogP contribution in [0.5, 0.6) is 0 Å². The van der Waals surface area contributed by atoms with Crippen LogP contribution in [0.25, 0.3) is 39.1 Å². The highest BCUT2D eigenvalue weighted by Crippen LogP contribution is 2.33. The van der Waals surface area contributed by atoms with Gasteiger partial charge in [0.05, 0.1) is 33.7 Å². The van der Waals surface area contributed by atoms with Gasteiger partial charge in [0.2, 0.25) is 10.0 Å². The molecule has 0 spiro atoms. The van der Waals surface area contributed by atoms with Gasteiger partial charge in [-0.3, -0.25) is 9.69 Å². The number of esters is 1. The molecule has 0 unspecified atom stereocenters. The van der Waals surface area contributed by atoms with E-state index in [2.05, 4.69) is 51.6 Å². The Morgan fingerprint density at radius 2 is 1.53 bits per heavy atom. The normalized spacial score (nSPS) is 15.7. The van der Waals surface area contributed by atoms with Gasteiger partial charge in [-0.2, -0.15) is 13.9 Å². The zero-order chi connectivity index (χ0) is 37.9. The van der Waals surface area contributed by atoms with Crippen molar-refractivity contribution in [2.75, 3.05) is 57.3 Å². The third-order valence-corrected chi connectivity index (χ3v) is 12.6. The Bertz CT molecular complexity index is 2400. The lowest BCUT2D eigenvalue weighted by Gasteiger charge is -2.36. The van der Waals surface area contributed by atoms with Gasteiger partial charge in [0.1, 0.15) is 18.2 Å². The summed E-state index contributed by atoms with van der Waals surface area (Å²) in [6, 6.07) is 28.0. The Kier molecular flexibility index (Phi) is 10.7. The molecule has 2 aliphatic heterocycles. The van der Waals surface area contributed by atoms with E-state index in [0.717, 1.165) is 103 Å². The molecule has 0 radical (unpaired) electrons. The van der Waals surface area contributed by atoms with Gasteiger partial charge < -0.3 is 14.2 Å². The molecule has 2 aliphatic rings. The Hall–Kier alpha value is -5.11. The molecule has 0 amide bonds. The minimum absolute atomic E-state index is 0.204. The van der Waals surface area contributed by atoms with Crippen molar-refractivity contribution < 1.29 is 17.9 Å². The van der Waals surface area contributed by atoms with Crippen LogP contribution in [0.3, 0.4) is 0 Å². The molecule has 3 aromatic carbocycles. The van der Waals surface area contributed by atoms with Crippen LogP contribution in [-0.2, 0) is 32.5 Å². The van der Waals surface area contributed by atoms with Crippen molar-refractivity contribution in [3.63, 3.8) is 0 Å². The van der Waals surface area contributed by atoms with Crippen LogP contribution in [0.15, 0.2) is 89.8 Å². The average Bonchev–Trinajstić information content (AvgIpc) is 3.96. The molecule has 55 heavy (non-hydrogen) atoms. The fraction of sp³-hybridized carbons (Fsp3) is 0.381. The predicted octanol–water partition coefficient (Wildman–Crippen LogP) is 6.21. The number of aromatic nitrogens is 5.